The monoisotopic (exact) mass is 278 g/mol. The average molecular weight is 279 g/mol. The second-order valence-electron chi connectivity index (χ2n) is 3.01. The van der Waals surface area contributed by atoms with Crippen molar-refractivity contribution >= 4 is 21.9 Å². The summed E-state index contributed by atoms with van der Waals surface area (Å²) in [6.07, 6.45) is 0. The minimum absolute atomic E-state index is 0.248. The number of aromatic nitrogens is 3. The highest BCUT2D eigenvalue weighted by atomic mass is 79.9. The molecule has 0 radical (unpaired) electrons. The molecular formula is C9H7BrN6. The third-order valence-electron chi connectivity index (χ3n) is 1.94. The van der Waals surface area contributed by atoms with Gasteiger partial charge in [-0.2, -0.15) is 4.98 Å². The van der Waals surface area contributed by atoms with E-state index in [1.807, 2.05) is 30.3 Å². The van der Waals surface area contributed by atoms with Gasteiger partial charge < -0.3 is 0 Å². The van der Waals surface area contributed by atoms with Gasteiger partial charge in [0, 0.05) is 4.91 Å². The number of nitrogens with zero attached hydrogens (tertiary/aromatic N) is 6. The zero-order valence-electron chi connectivity index (χ0n) is 8.16. The minimum Gasteiger partial charge on any atom is -0.239 e. The Kier molecular flexibility index (Phi) is 3.19. The van der Waals surface area contributed by atoms with Crippen LogP contribution in [0.1, 0.15) is 5.56 Å². The highest BCUT2D eigenvalue weighted by molar-refractivity contribution is 9.10. The molecule has 0 saturated heterocycles. The average Bonchev–Trinajstić information content (AvgIpc) is 2.61. The van der Waals surface area contributed by atoms with Crippen molar-refractivity contribution in [3.05, 3.63) is 51.1 Å². The fourth-order valence-electron chi connectivity index (χ4n) is 1.28. The van der Waals surface area contributed by atoms with Crippen LogP contribution in [0.5, 0.6) is 0 Å². The van der Waals surface area contributed by atoms with Gasteiger partial charge in [-0.1, -0.05) is 30.3 Å². The van der Waals surface area contributed by atoms with E-state index in [2.05, 4.69) is 36.0 Å². The van der Waals surface area contributed by atoms with Crippen LogP contribution in [-0.4, -0.2) is 14.8 Å². The van der Waals surface area contributed by atoms with Gasteiger partial charge in [0.05, 0.1) is 6.54 Å². The maximum Gasteiger partial charge on any atom is 0.217 e. The van der Waals surface area contributed by atoms with Crippen LogP contribution in [0.3, 0.4) is 0 Å². The van der Waals surface area contributed by atoms with Crippen molar-refractivity contribution < 1.29 is 0 Å². The molecule has 7 heteroatoms. The summed E-state index contributed by atoms with van der Waals surface area (Å²) in [5, 5.41) is 7.55. The number of hydrogen-bond acceptors (Lipinski definition) is 3. The van der Waals surface area contributed by atoms with Gasteiger partial charge in [-0.3, -0.25) is 0 Å². The van der Waals surface area contributed by atoms with E-state index in [9.17, 15) is 0 Å². The molecule has 1 aromatic carbocycles. The molecule has 0 aliphatic carbocycles. The standard InChI is InChI=1S/C9H7BrN6/c10-8-12-9(13-15-11)16(14-8)6-7-4-2-1-3-5-7/h1-5H,6H2. The van der Waals surface area contributed by atoms with Gasteiger partial charge in [-0.25, -0.2) is 4.68 Å². The largest absolute Gasteiger partial charge is 0.239 e. The first-order valence-electron chi connectivity index (χ1n) is 4.49. The molecule has 0 spiro atoms. The van der Waals surface area contributed by atoms with E-state index in [0.29, 0.717) is 11.3 Å². The van der Waals surface area contributed by atoms with Crippen LogP contribution in [0, 0.1) is 0 Å². The molecule has 16 heavy (non-hydrogen) atoms. The van der Waals surface area contributed by atoms with Crippen LogP contribution < -0.4 is 0 Å². The van der Waals surface area contributed by atoms with Crippen LogP contribution in [-0.2, 0) is 6.54 Å². The van der Waals surface area contributed by atoms with Gasteiger partial charge in [-0.05, 0) is 32.1 Å². The lowest BCUT2D eigenvalue weighted by Crippen LogP contribution is -2.00. The Morgan fingerprint density at radius 1 is 1.38 bits per heavy atom. The summed E-state index contributed by atoms with van der Waals surface area (Å²) in [6.45, 7) is 0.522. The number of halogens is 1. The molecule has 0 atom stereocenters. The van der Waals surface area contributed by atoms with E-state index in [1.54, 1.807) is 4.68 Å². The van der Waals surface area contributed by atoms with Gasteiger partial charge in [0.2, 0.25) is 10.7 Å². The molecule has 2 aromatic rings. The number of rotatable bonds is 3. The van der Waals surface area contributed by atoms with Gasteiger partial charge in [-0.15, -0.1) is 5.10 Å². The van der Waals surface area contributed by atoms with Crippen LogP contribution in [0.2, 0.25) is 0 Å². The summed E-state index contributed by atoms with van der Waals surface area (Å²) in [7, 11) is 0. The summed E-state index contributed by atoms with van der Waals surface area (Å²) in [5.41, 5.74) is 9.45. The summed E-state index contributed by atoms with van der Waals surface area (Å²) in [4.78, 5) is 6.65. The SMILES string of the molecule is [N-]=[N+]=Nc1nc(Br)nn1Cc1ccccc1. The Balaban J connectivity index is 2.31. The lowest BCUT2D eigenvalue weighted by molar-refractivity contribution is 0.684. The zero-order chi connectivity index (χ0) is 11.4. The van der Waals surface area contributed by atoms with Gasteiger partial charge in [0.25, 0.3) is 0 Å². The van der Waals surface area contributed by atoms with Gasteiger partial charge >= 0.3 is 0 Å². The molecule has 0 aliphatic rings. The molecule has 0 saturated carbocycles. The van der Waals surface area contributed by atoms with E-state index in [0.717, 1.165) is 5.56 Å². The fourth-order valence-corrected chi connectivity index (χ4v) is 1.63. The second kappa shape index (κ2) is 4.78. The quantitative estimate of drug-likeness (QED) is 0.491. The first-order valence-corrected chi connectivity index (χ1v) is 5.28. The third-order valence-corrected chi connectivity index (χ3v) is 2.27. The van der Waals surface area contributed by atoms with Crippen LogP contribution in [0.25, 0.3) is 10.4 Å². The van der Waals surface area contributed by atoms with E-state index in [1.165, 1.54) is 0 Å². The zero-order valence-corrected chi connectivity index (χ0v) is 9.74. The Labute approximate surface area is 99.7 Å². The lowest BCUT2D eigenvalue weighted by Gasteiger charge is -2.01. The molecule has 0 N–H and O–H groups in total. The molecule has 80 valence electrons. The predicted molar refractivity (Wildman–Crippen MR) is 62.1 cm³/mol. The van der Waals surface area contributed by atoms with Crippen molar-refractivity contribution in [2.45, 2.75) is 6.54 Å². The maximum atomic E-state index is 8.38. The number of benzene rings is 1. The predicted octanol–water partition coefficient (Wildman–Crippen LogP) is 3.03. The minimum atomic E-state index is 0.248. The van der Waals surface area contributed by atoms with Crippen molar-refractivity contribution in [2.75, 3.05) is 0 Å². The van der Waals surface area contributed by atoms with Crippen molar-refractivity contribution in [3.8, 4) is 0 Å². The Hall–Kier alpha value is -1.85. The normalized spacial score (nSPS) is 9.81. The van der Waals surface area contributed by atoms with Crippen LogP contribution in [0.15, 0.2) is 40.2 Å². The number of hydrogen-bond donors (Lipinski definition) is 0. The Morgan fingerprint density at radius 2 is 2.12 bits per heavy atom. The molecule has 0 unspecified atom stereocenters. The first-order chi connectivity index (χ1) is 7.79. The molecule has 0 fully saturated rings. The molecule has 6 nitrogen and oxygen atoms in total. The molecular weight excluding hydrogens is 272 g/mol. The molecule has 2 rings (SSSR count). The summed E-state index contributed by atoms with van der Waals surface area (Å²) in [6, 6.07) is 9.75. The lowest BCUT2D eigenvalue weighted by atomic mass is 10.2. The van der Waals surface area contributed by atoms with Crippen molar-refractivity contribution in [2.24, 2.45) is 5.11 Å². The molecule has 0 aliphatic heterocycles. The summed E-state index contributed by atoms with van der Waals surface area (Å²) < 4.78 is 1.95. The van der Waals surface area contributed by atoms with Crippen molar-refractivity contribution in [3.63, 3.8) is 0 Å². The van der Waals surface area contributed by atoms with E-state index in [-0.39, 0.29) is 5.95 Å². The molecule has 0 bridgehead atoms. The van der Waals surface area contributed by atoms with Crippen molar-refractivity contribution in [1.29, 1.82) is 0 Å². The fraction of sp³-hybridized carbons (Fsp3) is 0.111. The topological polar surface area (TPSA) is 79.5 Å². The van der Waals surface area contributed by atoms with Crippen molar-refractivity contribution in [1.82, 2.24) is 14.8 Å². The Bertz CT molecular complexity index is 528. The van der Waals surface area contributed by atoms with Gasteiger partial charge in [0.1, 0.15) is 0 Å². The highest BCUT2D eigenvalue weighted by Crippen LogP contribution is 2.15. The highest BCUT2D eigenvalue weighted by Gasteiger charge is 2.06. The van der Waals surface area contributed by atoms with E-state index < -0.39 is 0 Å². The smallest absolute Gasteiger partial charge is 0.217 e. The third kappa shape index (κ3) is 2.39. The molecule has 0 amide bonds. The van der Waals surface area contributed by atoms with Gasteiger partial charge in [0.15, 0.2) is 0 Å². The second-order valence-corrected chi connectivity index (χ2v) is 3.72. The Morgan fingerprint density at radius 3 is 2.81 bits per heavy atom. The van der Waals surface area contributed by atoms with Crippen LogP contribution in [0.4, 0.5) is 5.95 Å². The number of azide groups is 1. The van der Waals surface area contributed by atoms with E-state index in [4.69, 9.17) is 5.53 Å². The maximum absolute atomic E-state index is 8.38. The summed E-state index contributed by atoms with van der Waals surface area (Å²) >= 11 is 3.14. The first kappa shape index (κ1) is 10.7. The van der Waals surface area contributed by atoms with E-state index >= 15 is 0 Å². The molecule has 1 aromatic heterocycles. The van der Waals surface area contributed by atoms with Crippen LogP contribution >= 0.6 is 15.9 Å². The summed E-state index contributed by atoms with van der Waals surface area (Å²) in [5.74, 6) is 0.248. The molecule has 1 heterocycles.